The standard InChI is InChI=1S/C21H23N3O7/c1-11-7-15(23-31-11)20(27)22-12-3-6-17-14(8-12)21(28)24(2)16-5-4-13(9-19(25)26)30-18(16)10-29-17/h3,6-8,13,16,18H,4-5,9-10H2,1-2H3,(H,22,27)(H,25,26)/t13-,16+,18+/m1/s1. The second-order valence-corrected chi connectivity index (χ2v) is 7.75. The third-order valence-electron chi connectivity index (χ3n) is 5.53. The minimum atomic E-state index is -0.916. The molecule has 1 fully saturated rings. The highest BCUT2D eigenvalue weighted by Gasteiger charge is 2.39. The van der Waals surface area contributed by atoms with E-state index in [1.54, 1.807) is 37.1 Å². The van der Waals surface area contributed by atoms with Crippen LogP contribution in [0.1, 0.15) is 45.9 Å². The Balaban J connectivity index is 1.53. The lowest BCUT2D eigenvalue weighted by Crippen LogP contribution is -2.53. The molecule has 0 spiro atoms. The lowest BCUT2D eigenvalue weighted by molar-refractivity contribution is -0.148. The summed E-state index contributed by atoms with van der Waals surface area (Å²) < 4.78 is 16.7. The summed E-state index contributed by atoms with van der Waals surface area (Å²) in [5.74, 6) is -0.744. The number of aryl methyl sites for hydroxylation is 1. The maximum Gasteiger partial charge on any atom is 0.305 e. The van der Waals surface area contributed by atoms with Gasteiger partial charge >= 0.3 is 5.97 Å². The molecule has 2 N–H and O–H groups in total. The number of rotatable bonds is 4. The number of carboxylic acids is 1. The first-order chi connectivity index (χ1) is 14.8. The van der Waals surface area contributed by atoms with Crippen molar-refractivity contribution in [3.8, 4) is 5.75 Å². The Kier molecular flexibility index (Phi) is 5.64. The van der Waals surface area contributed by atoms with Gasteiger partial charge in [0.15, 0.2) is 5.69 Å². The van der Waals surface area contributed by atoms with Gasteiger partial charge in [-0.1, -0.05) is 5.16 Å². The molecule has 2 aromatic rings. The number of carbonyl (C=O) groups is 3. The molecule has 0 saturated carbocycles. The van der Waals surface area contributed by atoms with E-state index >= 15 is 0 Å². The van der Waals surface area contributed by atoms with Crippen LogP contribution in [0.2, 0.25) is 0 Å². The average Bonchev–Trinajstić information content (AvgIpc) is 3.17. The molecule has 1 aromatic carbocycles. The molecule has 3 heterocycles. The van der Waals surface area contributed by atoms with Gasteiger partial charge in [0.25, 0.3) is 11.8 Å². The van der Waals surface area contributed by atoms with E-state index in [1.165, 1.54) is 6.07 Å². The number of carbonyl (C=O) groups excluding carboxylic acids is 2. The van der Waals surface area contributed by atoms with Crippen LogP contribution in [0.3, 0.4) is 0 Å². The fourth-order valence-electron chi connectivity index (χ4n) is 3.97. The minimum Gasteiger partial charge on any atom is -0.490 e. The molecule has 3 atom stereocenters. The molecule has 10 heteroatoms. The summed E-state index contributed by atoms with van der Waals surface area (Å²) in [6, 6.07) is 6.09. The Labute approximate surface area is 178 Å². The normalized spacial score (nSPS) is 23.1. The number of anilines is 1. The number of ether oxygens (including phenoxy) is 2. The largest absolute Gasteiger partial charge is 0.490 e. The van der Waals surface area contributed by atoms with E-state index in [0.29, 0.717) is 35.6 Å². The number of amides is 2. The van der Waals surface area contributed by atoms with Crippen molar-refractivity contribution in [2.24, 2.45) is 0 Å². The minimum absolute atomic E-state index is 0.0778. The van der Waals surface area contributed by atoms with Gasteiger partial charge in [-0.25, -0.2) is 0 Å². The van der Waals surface area contributed by atoms with Gasteiger partial charge in [-0.15, -0.1) is 0 Å². The molecule has 0 aliphatic carbocycles. The number of fused-ring (bicyclic) bond motifs is 2. The molecule has 2 aliphatic heterocycles. The maximum atomic E-state index is 13.2. The summed E-state index contributed by atoms with van der Waals surface area (Å²) in [7, 11) is 1.69. The van der Waals surface area contributed by atoms with E-state index in [1.807, 2.05) is 0 Å². The van der Waals surface area contributed by atoms with E-state index in [2.05, 4.69) is 10.5 Å². The molecule has 2 amide bonds. The van der Waals surface area contributed by atoms with Crippen LogP contribution in [0.25, 0.3) is 0 Å². The molecule has 0 unspecified atom stereocenters. The number of likely N-dealkylation sites (N-methyl/N-ethyl adjacent to an activating group) is 1. The van der Waals surface area contributed by atoms with Gasteiger partial charge in [0.1, 0.15) is 24.2 Å². The second-order valence-electron chi connectivity index (χ2n) is 7.75. The van der Waals surface area contributed by atoms with Crippen molar-refractivity contribution in [3.05, 3.63) is 41.3 Å². The first-order valence-corrected chi connectivity index (χ1v) is 9.97. The van der Waals surface area contributed by atoms with Gasteiger partial charge in [-0.3, -0.25) is 14.4 Å². The molecule has 0 radical (unpaired) electrons. The van der Waals surface area contributed by atoms with Crippen molar-refractivity contribution < 1.29 is 33.5 Å². The number of hydrogen-bond acceptors (Lipinski definition) is 7. The average molecular weight is 429 g/mol. The third kappa shape index (κ3) is 4.38. The Morgan fingerprint density at radius 3 is 2.81 bits per heavy atom. The van der Waals surface area contributed by atoms with Crippen LogP contribution in [0.5, 0.6) is 5.75 Å². The summed E-state index contributed by atoms with van der Waals surface area (Å²) in [4.78, 5) is 38.1. The van der Waals surface area contributed by atoms with E-state index in [9.17, 15) is 14.4 Å². The molecule has 2 aliphatic rings. The Bertz CT molecular complexity index is 1020. The Morgan fingerprint density at radius 2 is 2.10 bits per heavy atom. The number of hydrogen-bond donors (Lipinski definition) is 2. The fourth-order valence-corrected chi connectivity index (χ4v) is 3.97. The summed E-state index contributed by atoms with van der Waals surface area (Å²) in [5.41, 5.74) is 0.887. The van der Waals surface area contributed by atoms with Gasteiger partial charge in [-0.2, -0.15) is 0 Å². The highest BCUT2D eigenvalue weighted by Crippen LogP contribution is 2.32. The zero-order valence-electron chi connectivity index (χ0n) is 17.2. The number of aliphatic carboxylic acids is 1. The third-order valence-corrected chi connectivity index (χ3v) is 5.53. The Morgan fingerprint density at radius 1 is 1.29 bits per heavy atom. The van der Waals surface area contributed by atoms with E-state index in [0.717, 1.165) is 0 Å². The summed E-state index contributed by atoms with van der Waals surface area (Å²) in [5, 5.41) is 15.4. The second kappa shape index (κ2) is 8.38. The van der Waals surface area contributed by atoms with E-state index in [4.69, 9.17) is 19.1 Å². The lowest BCUT2D eigenvalue weighted by atomic mass is 9.94. The molecular formula is C21H23N3O7. The van der Waals surface area contributed by atoms with Crippen molar-refractivity contribution in [3.63, 3.8) is 0 Å². The molecule has 0 bridgehead atoms. The van der Waals surface area contributed by atoms with Crippen molar-refractivity contribution in [2.75, 3.05) is 19.0 Å². The number of aromatic nitrogens is 1. The first kappa shape index (κ1) is 20.9. The van der Waals surface area contributed by atoms with Crippen LogP contribution < -0.4 is 10.1 Å². The molecule has 1 aromatic heterocycles. The summed E-state index contributed by atoms with van der Waals surface area (Å²) >= 11 is 0. The number of nitrogens with zero attached hydrogens (tertiary/aromatic N) is 2. The van der Waals surface area contributed by atoms with E-state index < -0.39 is 24.1 Å². The van der Waals surface area contributed by atoms with Crippen molar-refractivity contribution in [2.45, 2.75) is 44.4 Å². The van der Waals surface area contributed by atoms with Crippen molar-refractivity contribution in [1.82, 2.24) is 10.1 Å². The fraction of sp³-hybridized carbons (Fsp3) is 0.429. The van der Waals surface area contributed by atoms with Gasteiger partial charge in [0.2, 0.25) is 0 Å². The molecule has 31 heavy (non-hydrogen) atoms. The molecular weight excluding hydrogens is 406 g/mol. The summed E-state index contributed by atoms with van der Waals surface area (Å²) in [6.07, 6.45) is 0.264. The van der Waals surface area contributed by atoms with Crippen LogP contribution in [0, 0.1) is 6.92 Å². The molecule has 10 nitrogen and oxygen atoms in total. The van der Waals surface area contributed by atoms with Gasteiger partial charge in [0, 0.05) is 18.8 Å². The van der Waals surface area contributed by atoms with E-state index in [-0.39, 0.29) is 30.7 Å². The quantitative estimate of drug-likeness (QED) is 0.755. The van der Waals surface area contributed by atoms with Crippen LogP contribution in [-0.4, -0.2) is 64.9 Å². The van der Waals surface area contributed by atoms with Crippen molar-refractivity contribution in [1.29, 1.82) is 0 Å². The van der Waals surface area contributed by atoms with Gasteiger partial charge < -0.3 is 29.3 Å². The molecule has 164 valence electrons. The molecule has 4 rings (SSSR count). The number of carboxylic acid groups (broad SMARTS) is 1. The number of nitrogens with one attached hydrogen (secondary N) is 1. The SMILES string of the molecule is Cc1cc(C(=O)Nc2ccc3c(c2)C(=O)N(C)[C@H]2CC[C@H](CC(=O)O)O[C@H]2CO3)no1. The first-order valence-electron chi connectivity index (χ1n) is 9.97. The highest BCUT2D eigenvalue weighted by molar-refractivity contribution is 6.04. The number of benzene rings is 1. The molecule has 1 saturated heterocycles. The summed E-state index contributed by atoms with van der Waals surface area (Å²) in [6.45, 7) is 1.88. The predicted molar refractivity (Wildman–Crippen MR) is 107 cm³/mol. The van der Waals surface area contributed by atoms with Gasteiger partial charge in [0.05, 0.1) is 24.1 Å². The lowest BCUT2D eigenvalue weighted by Gasteiger charge is -2.42. The van der Waals surface area contributed by atoms with Crippen LogP contribution >= 0.6 is 0 Å². The van der Waals surface area contributed by atoms with Crippen LogP contribution in [-0.2, 0) is 9.53 Å². The topological polar surface area (TPSA) is 131 Å². The van der Waals surface area contributed by atoms with Crippen LogP contribution in [0.15, 0.2) is 28.8 Å². The van der Waals surface area contributed by atoms with Crippen molar-refractivity contribution >= 4 is 23.5 Å². The smallest absolute Gasteiger partial charge is 0.305 e. The Hall–Kier alpha value is -3.40. The zero-order valence-corrected chi connectivity index (χ0v) is 17.2. The zero-order chi connectivity index (χ0) is 22.1. The maximum absolute atomic E-state index is 13.2. The highest BCUT2D eigenvalue weighted by atomic mass is 16.5. The van der Waals surface area contributed by atoms with Gasteiger partial charge in [-0.05, 0) is 38.0 Å². The van der Waals surface area contributed by atoms with Crippen LogP contribution in [0.4, 0.5) is 5.69 Å². The predicted octanol–water partition coefficient (Wildman–Crippen LogP) is 2.09. The monoisotopic (exact) mass is 429 g/mol.